The van der Waals surface area contributed by atoms with Gasteiger partial charge in [0.25, 0.3) is 0 Å². The molecule has 0 unspecified atom stereocenters. The molecule has 5 aromatic carbocycles. The quantitative estimate of drug-likeness (QED) is 0.182. The second-order valence-electron chi connectivity index (χ2n) is 11.8. The summed E-state index contributed by atoms with van der Waals surface area (Å²) in [6.07, 6.45) is 7.33. The minimum Gasteiger partial charge on any atom is -0.455 e. The summed E-state index contributed by atoms with van der Waals surface area (Å²) in [5.41, 5.74) is 10.5. The van der Waals surface area contributed by atoms with Gasteiger partial charge in [-0.3, -0.25) is 9.97 Å². The Morgan fingerprint density at radius 1 is 0.367 bits per heavy atom. The van der Waals surface area contributed by atoms with Gasteiger partial charge in [0.2, 0.25) is 0 Å². The first-order valence-corrected chi connectivity index (χ1v) is 16.1. The molecule has 0 spiro atoms. The van der Waals surface area contributed by atoms with E-state index in [-0.39, 0.29) is 0 Å². The highest BCUT2D eigenvalue weighted by molar-refractivity contribution is 6.09. The number of hydrogen-bond acceptors (Lipinski definition) is 6. The fourth-order valence-electron chi connectivity index (χ4n) is 6.28. The van der Waals surface area contributed by atoms with Gasteiger partial charge in [0.1, 0.15) is 11.2 Å². The summed E-state index contributed by atoms with van der Waals surface area (Å²) >= 11 is 0. The van der Waals surface area contributed by atoms with Crippen molar-refractivity contribution in [3.63, 3.8) is 0 Å². The lowest BCUT2D eigenvalue weighted by Gasteiger charge is -2.13. The predicted octanol–water partition coefficient (Wildman–Crippen LogP) is 10.6. The molecule has 0 aliphatic heterocycles. The van der Waals surface area contributed by atoms with E-state index in [4.69, 9.17) is 19.4 Å². The first-order valence-electron chi connectivity index (χ1n) is 16.1. The van der Waals surface area contributed by atoms with Crippen molar-refractivity contribution in [2.45, 2.75) is 0 Å². The van der Waals surface area contributed by atoms with Gasteiger partial charge in [-0.2, -0.15) is 0 Å². The summed E-state index contributed by atoms with van der Waals surface area (Å²) in [5, 5.41) is 2.08. The Balaban J connectivity index is 1.24. The minimum absolute atomic E-state index is 0.544. The third kappa shape index (κ3) is 5.41. The van der Waals surface area contributed by atoms with Crippen LogP contribution in [-0.4, -0.2) is 24.9 Å². The SMILES string of the molecule is c1ccc(-c2nc(-c3cc(-c4ccc(-c5cccnc5)cc4)cc(-c4cccnc4)c3)nc(-c3cccc4c3oc3ccccc34)n2)cc1. The van der Waals surface area contributed by atoms with Crippen LogP contribution in [0.2, 0.25) is 0 Å². The number of fused-ring (bicyclic) bond motifs is 3. The molecule has 0 amide bonds. The van der Waals surface area contributed by atoms with Crippen molar-refractivity contribution < 1.29 is 4.42 Å². The van der Waals surface area contributed by atoms with Gasteiger partial charge in [0, 0.05) is 52.3 Å². The van der Waals surface area contributed by atoms with E-state index in [1.807, 2.05) is 85.2 Å². The molecule has 49 heavy (non-hydrogen) atoms. The maximum Gasteiger partial charge on any atom is 0.167 e. The summed E-state index contributed by atoms with van der Waals surface area (Å²) in [4.78, 5) is 23.9. The zero-order valence-corrected chi connectivity index (χ0v) is 26.2. The fourth-order valence-corrected chi connectivity index (χ4v) is 6.28. The van der Waals surface area contributed by atoms with Crippen LogP contribution in [0, 0.1) is 0 Å². The molecule has 0 N–H and O–H groups in total. The second-order valence-corrected chi connectivity index (χ2v) is 11.8. The lowest BCUT2D eigenvalue weighted by molar-refractivity contribution is 0.669. The van der Waals surface area contributed by atoms with E-state index in [1.165, 1.54) is 0 Å². The van der Waals surface area contributed by atoms with Gasteiger partial charge in [-0.25, -0.2) is 15.0 Å². The zero-order chi connectivity index (χ0) is 32.6. The molecular weight excluding hydrogens is 603 g/mol. The molecule has 0 saturated carbocycles. The first-order chi connectivity index (χ1) is 24.3. The summed E-state index contributed by atoms with van der Waals surface area (Å²) < 4.78 is 6.41. The molecule has 0 fully saturated rings. The van der Waals surface area contributed by atoms with Gasteiger partial charge >= 0.3 is 0 Å². The molecule has 0 aliphatic rings. The number of nitrogens with zero attached hydrogens (tertiary/aromatic N) is 5. The molecule has 6 heteroatoms. The number of aromatic nitrogens is 5. The van der Waals surface area contributed by atoms with E-state index in [9.17, 15) is 0 Å². The van der Waals surface area contributed by atoms with Crippen molar-refractivity contribution in [3.8, 4) is 67.5 Å². The summed E-state index contributed by atoms with van der Waals surface area (Å²) in [6, 6.07) is 47.3. The van der Waals surface area contributed by atoms with Gasteiger partial charge < -0.3 is 4.42 Å². The summed E-state index contributed by atoms with van der Waals surface area (Å²) in [6.45, 7) is 0. The number of pyridine rings is 2. The average molecular weight is 630 g/mol. The molecular formula is C43H27N5O. The van der Waals surface area contributed by atoms with Crippen LogP contribution >= 0.6 is 0 Å². The summed E-state index contributed by atoms with van der Waals surface area (Å²) in [7, 11) is 0. The Bertz CT molecular complexity index is 2580. The highest BCUT2D eigenvalue weighted by Gasteiger charge is 2.18. The lowest BCUT2D eigenvalue weighted by atomic mass is 9.95. The fraction of sp³-hybridized carbons (Fsp3) is 0. The predicted molar refractivity (Wildman–Crippen MR) is 195 cm³/mol. The van der Waals surface area contributed by atoms with E-state index < -0.39 is 0 Å². The van der Waals surface area contributed by atoms with Crippen molar-refractivity contribution >= 4 is 21.9 Å². The molecule has 230 valence electrons. The molecule has 0 saturated heterocycles. The third-order valence-corrected chi connectivity index (χ3v) is 8.71. The van der Waals surface area contributed by atoms with E-state index in [1.54, 1.807) is 12.4 Å². The number of para-hydroxylation sites is 2. The van der Waals surface area contributed by atoms with Crippen LogP contribution in [-0.2, 0) is 0 Å². The van der Waals surface area contributed by atoms with Crippen LogP contribution < -0.4 is 0 Å². The Morgan fingerprint density at radius 2 is 0.918 bits per heavy atom. The molecule has 4 heterocycles. The van der Waals surface area contributed by atoms with Gasteiger partial charge in [-0.1, -0.05) is 97.1 Å². The number of furan rings is 1. The van der Waals surface area contributed by atoms with Gasteiger partial charge in [-0.15, -0.1) is 0 Å². The largest absolute Gasteiger partial charge is 0.455 e. The van der Waals surface area contributed by atoms with Crippen LogP contribution in [0.1, 0.15) is 0 Å². The summed E-state index contributed by atoms with van der Waals surface area (Å²) in [5.74, 6) is 1.70. The molecule has 6 nitrogen and oxygen atoms in total. The Morgan fingerprint density at radius 3 is 1.63 bits per heavy atom. The molecule has 0 atom stereocenters. The molecule has 9 rings (SSSR count). The smallest absolute Gasteiger partial charge is 0.167 e. The van der Waals surface area contributed by atoms with E-state index in [2.05, 4.69) is 76.7 Å². The number of hydrogen-bond donors (Lipinski definition) is 0. The van der Waals surface area contributed by atoms with Crippen molar-refractivity contribution in [2.75, 3.05) is 0 Å². The van der Waals surface area contributed by atoms with Crippen LogP contribution in [0.25, 0.3) is 89.5 Å². The second kappa shape index (κ2) is 12.1. The first kappa shape index (κ1) is 28.4. The Hall–Kier alpha value is -6.79. The van der Waals surface area contributed by atoms with Crippen molar-refractivity contribution in [1.82, 2.24) is 24.9 Å². The van der Waals surface area contributed by atoms with E-state index in [0.717, 1.165) is 72.0 Å². The van der Waals surface area contributed by atoms with Gasteiger partial charge in [0.05, 0.1) is 5.56 Å². The topological polar surface area (TPSA) is 77.6 Å². The highest BCUT2D eigenvalue weighted by Crippen LogP contribution is 2.37. The monoisotopic (exact) mass is 629 g/mol. The average Bonchev–Trinajstić information content (AvgIpc) is 3.58. The molecule has 9 aromatic rings. The third-order valence-electron chi connectivity index (χ3n) is 8.71. The van der Waals surface area contributed by atoms with Gasteiger partial charge in [0.15, 0.2) is 17.5 Å². The van der Waals surface area contributed by atoms with Crippen LogP contribution in [0.5, 0.6) is 0 Å². The molecule has 0 aliphatic carbocycles. The van der Waals surface area contributed by atoms with Crippen LogP contribution in [0.3, 0.4) is 0 Å². The maximum atomic E-state index is 6.41. The Kier molecular flexibility index (Phi) is 7.02. The van der Waals surface area contributed by atoms with Crippen molar-refractivity contribution in [2.24, 2.45) is 0 Å². The zero-order valence-electron chi connectivity index (χ0n) is 26.2. The van der Waals surface area contributed by atoms with Crippen molar-refractivity contribution in [1.29, 1.82) is 0 Å². The van der Waals surface area contributed by atoms with Crippen molar-refractivity contribution in [3.05, 3.63) is 164 Å². The highest BCUT2D eigenvalue weighted by atomic mass is 16.3. The van der Waals surface area contributed by atoms with Crippen LogP contribution in [0.4, 0.5) is 0 Å². The molecule has 4 aromatic heterocycles. The molecule has 0 bridgehead atoms. The molecule has 0 radical (unpaired) electrons. The Labute approximate surface area is 282 Å². The lowest BCUT2D eigenvalue weighted by Crippen LogP contribution is -2.01. The van der Waals surface area contributed by atoms with Crippen LogP contribution in [0.15, 0.2) is 169 Å². The van der Waals surface area contributed by atoms with E-state index >= 15 is 0 Å². The maximum absolute atomic E-state index is 6.41. The normalized spacial score (nSPS) is 11.3. The standard InChI is InChI=1S/C43H27N5O/c1-2-9-30(10-3-1)41-46-42(48-43(47-41)38-15-6-14-37-36-13-4-5-16-39(36)49-40(37)38)35-24-33(23-34(25-35)32-12-8-22-45-27-32)29-19-17-28(18-20-29)31-11-7-21-44-26-31/h1-27H. The van der Waals surface area contributed by atoms with E-state index in [0.29, 0.717) is 17.5 Å². The minimum atomic E-state index is 0.544. The van der Waals surface area contributed by atoms with Gasteiger partial charge in [-0.05, 0) is 70.3 Å². The number of rotatable bonds is 6. The number of benzene rings is 5.